The number of thioether (sulfide) groups is 1. The number of benzene rings is 1. The number of phenolic OH excluding ortho intramolecular Hbond substituents is 1. The van der Waals surface area contributed by atoms with E-state index in [2.05, 4.69) is 16.4 Å². The zero-order valence-electron chi connectivity index (χ0n) is 15.8. The van der Waals surface area contributed by atoms with Gasteiger partial charge >= 0.3 is 0 Å². The summed E-state index contributed by atoms with van der Waals surface area (Å²) < 4.78 is 0. The van der Waals surface area contributed by atoms with Gasteiger partial charge in [-0.15, -0.1) is 0 Å². The first kappa shape index (κ1) is 20.5. The molecule has 1 aromatic carbocycles. The number of nitrogens with one attached hydrogen (secondary N) is 1. The van der Waals surface area contributed by atoms with Crippen molar-refractivity contribution in [1.82, 2.24) is 10.3 Å². The predicted octanol–water partition coefficient (Wildman–Crippen LogP) is 3.32. The second-order valence-corrected chi connectivity index (χ2v) is 7.85. The van der Waals surface area contributed by atoms with E-state index in [1.54, 1.807) is 12.1 Å². The van der Waals surface area contributed by atoms with E-state index < -0.39 is 0 Å². The van der Waals surface area contributed by atoms with Crippen molar-refractivity contribution in [2.45, 2.75) is 43.2 Å². The summed E-state index contributed by atoms with van der Waals surface area (Å²) in [7, 11) is 0. The van der Waals surface area contributed by atoms with Gasteiger partial charge in [-0.1, -0.05) is 43.2 Å². The van der Waals surface area contributed by atoms with Crippen LogP contribution < -0.4 is 11.1 Å². The minimum absolute atomic E-state index is 0.00441. The first-order valence-corrected chi connectivity index (χ1v) is 10.4. The van der Waals surface area contributed by atoms with Crippen molar-refractivity contribution in [3.8, 4) is 29.0 Å². The van der Waals surface area contributed by atoms with E-state index in [9.17, 15) is 20.4 Å². The first-order chi connectivity index (χ1) is 14.0. The van der Waals surface area contributed by atoms with Crippen LogP contribution in [-0.4, -0.2) is 27.8 Å². The number of hydrogen-bond donors (Lipinski definition) is 3. The SMILES string of the molecule is N#Cc1c(N)nc(SCC(=O)NC2CCCCC2)c(C#N)c1-c1ccc(O)cc1. The third-order valence-electron chi connectivity index (χ3n) is 4.88. The average molecular weight is 407 g/mol. The fourth-order valence-electron chi connectivity index (χ4n) is 3.47. The van der Waals surface area contributed by atoms with E-state index in [-0.39, 0.29) is 40.4 Å². The van der Waals surface area contributed by atoms with Crippen molar-refractivity contribution >= 4 is 23.5 Å². The number of phenols is 1. The molecule has 0 bridgehead atoms. The molecule has 3 rings (SSSR count). The second kappa shape index (κ2) is 9.31. The largest absolute Gasteiger partial charge is 0.508 e. The van der Waals surface area contributed by atoms with Crippen molar-refractivity contribution in [3.05, 3.63) is 35.4 Å². The van der Waals surface area contributed by atoms with Gasteiger partial charge in [-0.25, -0.2) is 4.98 Å². The number of pyridine rings is 1. The lowest BCUT2D eigenvalue weighted by Crippen LogP contribution is -2.37. The Morgan fingerprint density at radius 1 is 1.17 bits per heavy atom. The van der Waals surface area contributed by atoms with Gasteiger partial charge in [0.2, 0.25) is 5.91 Å². The topological polar surface area (TPSA) is 136 Å². The highest BCUT2D eigenvalue weighted by molar-refractivity contribution is 8.00. The molecule has 0 unspecified atom stereocenters. The molecular formula is C21H21N5O2S. The van der Waals surface area contributed by atoms with Gasteiger partial charge in [0.05, 0.1) is 11.3 Å². The number of aromatic hydroxyl groups is 1. The summed E-state index contributed by atoms with van der Waals surface area (Å²) in [5.41, 5.74) is 7.19. The van der Waals surface area contributed by atoms with Crippen LogP contribution in [-0.2, 0) is 4.79 Å². The maximum absolute atomic E-state index is 12.3. The number of amides is 1. The third-order valence-corrected chi connectivity index (χ3v) is 5.86. The molecule has 1 aliphatic rings. The highest BCUT2D eigenvalue weighted by atomic mass is 32.2. The number of nitriles is 2. The maximum Gasteiger partial charge on any atom is 0.230 e. The van der Waals surface area contributed by atoms with Gasteiger partial charge in [0.1, 0.15) is 34.3 Å². The molecule has 0 saturated heterocycles. The van der Waals surface area contributed by atoms with Crippen molar-refractivity contribution in [1.29, 1.82) is 10.5 Å². The van der Waals surface area contributed by atoms with Crippen molar-refractivity contribution < 1.29 is 9.90 Å². The van der Waals surface area contributed by atoms with Crippen LogP contribution in [0.25, 0.3) is 11.1 Å². The molecular weight excluding hydrogens is 386 g/mol. The molecule has 1 heterocycles. The van der Waals surface area contributed by atoms with Crippen molar-refractivity contribution in [3.63, 3.8) is 0 Å². The molecule has 1 fully saturated rings. The standard InChI is InChI=1S/C21H21N5O2S/c22-10-16-19(13-6-8-15(27)9-7-13)17(11-23)21(26-20(16)24)29-12-18(28)25-14-4-2-1-3-5-14/h6-9,14,27H,1-5,12H2,(H2,24,26)(H,25,28). The fourth-order valence-corrected chi connectivity index (χ4v) is 4.28. The van der Waals surface area contributed by atoms with Crippen LogP contribution in [0.15, 0.2) is 29.3 Å². The van der Waals surface area contributed by atoms with Gasteiger partial charge in [-0.3, -0.25) is 4.79 Å². The van der Waals surface area contributed by atoms with E-state index >= 15 is 0 Å². The van der Waals surface area contributed by atoms with Gasteiger partial charge in [0.15, 0.2) is 0 Å². The van der Waals surface area contributed by atoms with E-state index in [0.29, 0.717) is 16.2 Å². The molecule has 2 aromatic rings. The molecule has 1 saturated carbocycles. The number of nitrogens with zero attached hydrogens (tertiary/aromatic N) is 3. The molecule has 1 amide bonds. The minimum Gasteiger partial charge on any atom is -0.508 e. The number of nitrogens with two attached hydrogens (primary N) is 1. The summed E-state index contributed by atoms with van der Waals surface area (Å²) in [6.07, 6.45) is 5.45. The average Bonchev–Trinajstić information content (AvgIpc) is 2.73. The summed E-state index contributed by atoms with van der Waals surface area (Å²) in [4.78, 5) is 16.5. The molecule has 1 aromatic heterocycles. The molecule has 0 spiro atoms. The number of rotatable bonds is 5. The van der Waals surface area contributed by atoms with Crippen LogP contribution in [0.3, 0.4) is 0 Å². The summed E-state index contributed by atoms with van der Waals surface area (Å²) >= 11 is 1.13. The van der Waals surface area contributed by atoms with Gasteiger partial charge < -0.3 is 16.2 Å². The highest BCUT2D eigenvalue weighted by Gasteiger charge is 2.22. The number of nitrogen functional groups attached to an aromatic ring is 1. The van der Waals surface area contributed by atoms with Gasteiger partial charge in [-0.2, -0.15) is 10.5 Å². The van der Waals surface area contributed by atoms with Crippen LogP contribution in [0.5, 0.6) is 5.75 Å². The van der Waals surface area contributed by atoms with Crippen LogP contribution in [0.2, 0.25) is 0 Å². The van der Waals surface area contributed by atoms with Crippen LogP contribution in [0, 0.1) is 22.7 Å². The predicted molar refractivity (Wildman–Crippen MR) is 111 cm³/mol. The quantitative estimate of drug-likeness (QED) is 0.647. The van der Waals surface area contributed by atoms with E-state index in [1.807, 2.05) is 6.07 Å². The van der Waals surface area contributed by atoms with E-state index in [1.165, 1.54) is 18.6 Å². The molecule has 8 heteroatoms. The normalized spacial score (nSPS) is 14.0. The molecule has 4 N–H and O–H groups in total. The maximum atomic E-state index is 12.3. The Kier molecular flexibility index (Phi) is 6.58. The Balaban J connectivity index is 1.87. The number of carbonyl (C=O) groups is 1. The third kappa shape index (κ3) is 4.79. The molecule has 0 atom stereocenters. The summed E-state index contributed by atoms with van der Waals surface area (Å²) in [6, 6.07) is 10.5. The summed E-state index contributed by atoms with van der Waals surface area (Å²) in [6.45, 7) is 0. The summed E-state index contributed by atoms with van der Waals surface area (Å²) in [5.74, 6) is 0.0756. The van der Waals surface area contributed by atoms with E-state index in [0.717, 1.165) is 37.4 Å². The fraction of sp³-hybridized carbons (Fsp3) is 0.333. The molecule has 0 radical (unpaired) electrons. The lowest BCUT2D eigenvalue weighted by Gasteiger charge is -2.22. The second-order valence-electron chi connectivity index (χ2n) is 6.89. The lowest BCUT2D eigenvalue weighted by atomic mass is 9.95. The number of carbonyl (C=O) groups excluding carboxylic acids is 1. The molecule has 7 nitrogen and oxygen atoms in total. The van der Waals surface area contributed by atoms with Gasteiger partial charge in [0.25, 0.3) is 0 Å². The van der Waals surface area contributed by atoms with Crippen molar-refractivity contribution in [2.75, 3.05) is 11.5 Å². The Labute approximate surface area is 173 Å². The van der Waals surface area contributed by atoms with Gasteiger partial charge in [-0.05, 0) is 30.5 Å². The Morgan fingerprint density at radius 3 is 2.45 bits per heavy atom. The Bertz CT molecular complexity index is 986. The highest BCUT2D eigenvalue weighted by Crippen LogP contribution is 2.36. The van der Waals surface area contributed by atoms with Crippen LogP contribution in [0.4, 0.5) is 5.82 Å². The van der Waals surface area contributed by atoms with Gasteiger partial charge in [0, 0.05) is 11.6 Å². The van der Waals surface area contributed by atoms with Crippen LogP contribution in [0.1, 0.15) is 43.2 Å². The van der Waals surface area contributed by atoms with E-state index in [4.69, 9.17) is 5.73 Å². The Morgan fingerprint density at radius 2 is 1.83 bits per heavy atom. The molecule has 29 heavy (non-hydrogen) atoms. The Hall–Kier alpha value is -3.23. The monoisotopic (exact) mass is 407 g/mol. The minimum atomic E-state index is -0.110. The lowest BCUT2D eigenvalue weighted by molar-refractivity contribution is -0.119. The number of aromatic nitrogens is 1. The first-order valence-electron chi connectivity index (χ1n) is 9.38. The summed E-state index contributed by atoms with van der Waals surface area (Å²) in [5, 5.41) is 32.2. The van der Waals surface area contributed by atoms with Crippen molar-refractivity contribution in [2.24, 2.45) is 0 Å². The number of anilines is 1. The zero-order valence-corrected chi connectivity index (χ0v) is 16.6. The smallest absolute Gasteiger partial charge is 0.230 e. The van der Waals surface area contributed by atoms with Crippen LogP contribution >= 0.6 is 11.8 Å². The molecule has 148 valence electrons. The molecule has 0 aliphatic heterocycles. The zero-order chi connectivity index (χ0) is 20.8. The number of hydrogen-bond acceptors (Lipinski definition) is 7. The molecule has 1 aliphatic carbocycles.